The third-order valence-electron chi connectivity index (χ3n) is 4.95. The van der Waals surface area contributed by atoms with Crippen LogP contribution in [0, 0.1) is 29.1 Å². The van der Waals surface area contributed by atoms with Gasteiger partial charge in [-0.3, -0.25) is 0 Å². The zero-order valence-corrected chi connectivity index (χ0v) is 14.8. The standard InChI is InChI=1S/C21H19F5O/c1-2-12-3-5-14(6-4-12)15-9-18(24)21(19(25)10-15)27-11-13-7-16(22)20(26)17(23)8-13/h2,7-10,14H,3-6,11H2,1H3. The van der Waals surface area contributed by atoms with E-state index in [0.717, 1.165) is 37.8 Å². The number of benzene rings is 2. The van der Waals surface area contributed by atoms with Gasteiger partial charge >= 0.3 is 0 Å². The Hall–Kier alpha value is -2.37. The van der Waals surface area contributed by atoms with Gasteiger partial charge in [-0.25, -0.2) is 22.0 Å². The van der Waals surface area contributed by atoms with Gasteiger partial charge in [-0.05, 0) is 73.9 Å². The van der Waals surface area contributed by atoms with Gasteiger partial charge in [-0.1, -0.05) is 11.6 Å². The van der Waals surface area contributed by atoms with Crippen LogP contribution in [0.25, 0.3) is 0 Å². The molecule has 0 bridgehead atoms. The van der Waals surface area contributed by atoms with Crippen LogP contribution in [0.2, 0.25) is 0 Å². The molecule has 0 unspecified atom stereocenters. The van der Waals surface area contributed by atoms with Gasteiger partial charge in [0.1, 0.15) is 6.61 Å². The molecule has 0 amide bonds. The summed E-state index contributed by atoms with van der Waals surface area (Å²) in [5.74, 6) is -6.66. The van der Waals surface area contributed by atoms with Crippen molar-refractivity contribution in [1.82, 2.24) is 0 Å². The Bertz CT molecular complexity index is 819. The van der Waals surface area contributed by atoms with Crippen molar-refractivity contribution in [3.63, 3.8) is 0 Å². The lowest BCUT2D eigenvalue weighted by molar-refractivity contribution is 0.271. The SMILES string of the molecule is CC=C1CCC(c2cc(F)c(OCc3cc(F)c(F)c(F)c3)c(F)c2)CC1. The van der Waals surface area contributed by atoms with Gasteiger partial charge in [0.2, 0.25) is 0 Å². The van der Waals surface area contributed by atoms with Crippen molar-refractivity contribution in [1.29, 1.82) is 0 Å². The van der Waals surface area contributed by atoms with Crippen LogP contribution in [0.1, 0.15) is 49.7 Å². The van der Waals surface area contributed by atoms with Crippen molar-refractivity contribution in [2.24, 2.45) is 0 Å². The Kier molecular flexibility index (Phi) is 5.82. The van der Waals surface area contributed by atoms with Crippen molar-refractivity contribution < 1.29 is 26.7 Å². The van der Waals surface area contributed by atoms with E-state index in [1.807, 2.05) is 6.92 Å². The summed E-state index contributed by atoms with van der Waals surface area (Å²) in [7, 11) is 0. The highest BCUT2D eigenvalue weighted by Crippen LogP contribution is 2.37. The number of hydrogen-bond donors (Lipinski definition) is 0. The quantitative estimate of drug-likeness (QED) is 0.330. The average Bonchev–Trinajstić information content (AvgIpc) is 2.65. The smallest absolute Gasteiger partial charge is 0.194 e. The number of allylic oxidation sites excluding steroid dienone is 2. The number of hydrogen-bond acceptors (Lipinski definition) is 1. The van der Waals surface area contributed by atoms with Crippen LogP contribution >= 0.6 is 0 Å². The van der Waals surface area contributed by atoms with E-state index in [-0.39, 0.29) is 11.5 Å². The zero-order chi connectivity index (χ0) is 19.6. The van der Waals surface area contributed by atoms with Crippen LogP contribution in [0.3, 0.4) is 0 Å². The highest BCUT2D eigenvalue weighted by atomic mass is 19.2. The van der Waals surface area contributed by atoms with E-state index >= 15 is 0 Å². The van der Waals surface area contributed by atoms with Gasteiger partial charge in [0, 0.05) is 0 Å². The lowest BCUT2D eigenvalue weighted by atomic mass is 9.81. The van der Waals surface area contributed by atoms with E-state index in [4.69, 9.17) is 4.74 Å². The maximum absolute atomic E-state index is 14.3. The minimum atomic E-state index is -1.60. The lowest BCUT2D eigenvalue weighted by Crippen LogP contribution is -2.09. The minimum absolute atomic E-state index is 0.0690. The normalized spacial score (nSPS) is 17.1. The first kappa shape index (κ1) is 19.4. The molecular formula is C21H19F5O. The van der Waals surface area contributed by atoms with Crippen LogP contribution in [-0.2, 0) is 6.61 Å². The molecular weight excluding hydrogens is 363 g/mol. The predicted octanol–water partition coefficient (Wildman–Crippen LogP) is 6.57. The molecule has 0 heterocycles. The monoisotopic (exact) mass is 382 g/mol. The fourth-order valence-corrected chi connectivity index (χ4v) is 3.41. The molecule has 0 saturated heterocycles. The van der Waals surface area contributed by atoms with E-state index in [9.17, 15) is 22.0 Å². The molecule has 0 N–H and O–H groups in total. The maximum Gasteiger partial charge on any atom is 0.194 e. The van der Waals surface area contributed by atoms with Gasteiger partial charge < -0.3 is 4.74 Å². The van der Waals surface area contributed by atoms with Crippen molar-refractivity contribution in [3.8, 4) is 5.75 Å². The number of rotatable bonds is 4. The maximum atomic E-state index is 14.3. The molecule has 3 rings (SSSR count). The summed E-state index contributed by atoms with van der Waals surface area (Å²) in [6.45, 7) is 1.50. The summed E-state index contributed by atoms with van der Waals surface area (Å²) >= 11 is 0. The van der Waals surface area contributed by atoms with Crippen LogP contribution in [0.5, 0.6) is 5.75 Å². The Morgan fingerprint density at radius 1 is 0.889 bits per heavy atom. The summed E-state index contributed by atoms with van der Waals surface area (Å²) in [4.78, 5) is 0. The minimum Gasteiger partial charge on any atom is -0.483 e. The molecule has 2 aromatic rings. The third kappa shape index (κ3) is 4.31. The van der Waals surface area contributed by atoms with Crippen LogP contribution in [-0.4, -0.2) is 0 Å². The van der Waals surface area contributed by atoms with Gasteiger partial charge in [-0.2, -0.15) is 0 Å². The van der Waals surface area contributed by atoms with E-state index in [2.05, 4.69) is 6.08 Å². The Morgan fingerprint density at radius 2 is 1.44 bits per heavy atom. The van der Waals surface area contributed by atoms with Crippen LogP contribution in [0.4, 0.5) is 22.0 Å². The summed E-state index contributed by atoms with van der Waals surface area (Å²) in [6.07, 6.45) is 5.55. The van der Waals surface area contributed by atoms with Gasteiger partial charge in [0.15, 0.2) is 34.8 Å². The molecule has 1 aliphatic carbocycles. The number of ether oxygens (including phenoxy) is 1. The molecule has 0 radical (unpaired) electrons. The second-order valence-electron chi connectivity index (χ2n) is 6.70. The molecule has 0 aliphatic heterocycles. The molecule has 0 aromatic heterocycles. The Labute approximate surface area is 154 Å². The molecule has 2 aromatic carbocycles. The van der Waals surface area contributed by atoms with Crippen molar-refractivity contribution in [3.05, 3.63) is 76.1 Å². The van der Waals surface area contributed by atoms with Crippen LogP contribution < -0.4 is 4.74 Å². The highest BCUT2D eigenvalue weighted by Gasteiger charge is 2.22. The summed E-state index contributed by atoms with van der Waals surface area (Å²) in [5.41, 5.74) is 1.86. The highest BCUT2D eigenvalue weighted by molar-refractivity contribution is 5.34. The molecule has 1 aliphatic rings. The van der Waals surface area contributed by atoms with E-state index in [1.54, 1.807) is 0 Å². The molecule has 0 atom stereocenters. The molecule has 1 saturated carbocycles. The summed E-state index contributed by atoms with van der Waals surface area (Å²) in [6, 6.07) is 3.94. The van der Waals surface area contributed by atoms with Crippen molar-refractivity contribution in [2.75, 3.05) is 0 Å². The Balaban J connectivity index is 1.74. The predicted molar refractivity (Wildman–Crippen MR) is 92.0 cm³/mol. The first-order valence-corrected chi connectivity index (χ1v) is 8.78. The number of halogens is 5. The second kappa shape index (κ2) is 8.11. The van der Waals surface area contributed by atoms with Crippen LogP contribution in [0.15, 0.2) is 35.9 Å². The fourth-order valence-electron chi connectivity index (χ4n) is 3.41. The second-order valence-corrected chi connectivity index (χ2v) is 6.70. The van der Waals surface area contributed by atoms with E-state index < -0.39 is 41.4 Å². The van der Waals surface area contributed by atoms with Crippen molar-refractivity contribution >= 4 is 0 Å². The lowest BCUT2D eigenvalue weighted by Gasteiger charge is -2.24. The summed E-state index contributed by atoms with van der Waals surface area (Å²) in [5, 5.41) is 0. The van der Waals surface area contributed by atoms with E-state index in [1.165, 1.54) is 17.7 Å². The molecule has 1 nitrogen and oxygen atoms in total. The van der Waals surface area contributed by atoms with Gasteiger partial charge in [0.05, 0.1) is 0 Å². The Morgan fingerprint density at radius 3 is 1.96 bits per heavy atom. The first-order valence-electron chi connectivity index (χ1n) is 8.78. The fraction of sp³-hybridized carbons (Fsp3) is 0.333. The topological polar surface area (TPSA) is 9.23 Å². The zero-order valence-electron chi connectivity index (χ0n) is 14.8. The van der Waals surface area contributed by atoms with E-state index in [0.29, 0.717) is 5.56 Å². The first-order chi connectivity index (χ1) is 12.9. The largest absolute Gasteiger partial charge is 0.483 e. The molecule has 1 fully saturated rings. The molecule has 0 spiro atoms. The molecule has 6 heteroatoms. The average molecular weight is 382 g/mol. The molecule has 144 valence electrons. The van der Waals surface area contributed by atoms with Gasteiger partial charge in [0.25, 0.3) is 0 Å². The third-order valence-corrected chi connectivity index (χ3v) is 4.95. The van der Waals surface area contributed by atoms with Gasteiger partial charge in [-0.15, -0.1) is 0 Å². The summed E-state index contributed by atoms with van der Waals surface area (Å²) < 4.78 is 73.1. The van der Waals surface area contributed by atoms with Crippen molar-refractivity contribution in [2.45, 2.75) is 45.1 Å². The molecule has 27 heavy (non-hydrogen) atoms.